The summed E-state index contributed by atoms with van der Waals surface area (Å²) in [5.74, 6) is -2.67. The molecule has 2 heterocycles. The van der Waals surface area contributed by atoms with Crippen molar-refractivity contribution in [3.05, 3.63) is 65.1 Å². The highest BCUT2D eigenvalue weighted by atomic mass is 32.2. The fraction of sp³-hybridized carbons (Fsp3) is 0.429. The molecule has 0 radical (unpaired) electrons. The van der Waals surface area contributed by atoms with Crippen LogP contribution < -0.4 is 10.5 Å². The maximum absolute atomic E-state index is 13.9. The van der Waals surface area contributed by atoms with Gasteiger partial charge in [-0.2, -0.15) is 0 Å². The number of methoxy groups -OCH3 is 1. The molecule has 2 aromatic carbocycles. The van der Waals surface area contributed by atoms with Crippen molar-refractivity contribution in [3.63, 3.8) is 0 Å². The number of rotatable bonds is 11. The number of nitrogens with zero attached hydrogens (tertiary/aromatic N) is 2. The van der Waals surface area contributed by atoms with Crippen molar-refractivity contribution in [1.82, 2.24) is 9.88 Å². The summed E-state index contributed by atoms with van der Waals surface area (Å²) in [5, 5.41) is 11.1. The molecule has 3 aromatic rings. The number of nitrogens with two attached hydrogens (primary N) is 1. The monoisotopic (exact) mass is 547 g/mol. The van der Waals surface area contributed by atoms with E-state index < -0.39 is 28.8 Å². The minimum atomic E-state index is -1.20. The molecule has 1 fully saturated rings. The molecule has 1 aliphatic heterocycles. The fourth-order valence-electron chi connectivity index (χ4n) is 5.17. The van der Waals surface area contributed by atoms with Gasteiger partial charge in [-0.3, -0.25) is 9.78 Å². The van der Waals surface area contributed by atoms with Crippen LogP contribution in [0.1, 0.15) is 36.8 Å². The second kappa shape index (κ2) is 12.4. The van der Waals surface area contributed by atoms with Crippen molar-refractivity contribution < 1.29 is 27.8 Å². The number of piperidine rings is 1. The van der Waals surface area contributed by atoms with Crippen molar-refractivity contribution in [1.29, 1.82) is 0 Å². The van der Waals surface area contributed by atoms with Gasteiger partial charge in [0.1, 0.15) is 11.6 Å². The molecule has 10 heteroatoms. The van der Waals surface area contributed by atoms with E-state index in [9.17, 15) is 23.1 Å². The van der Waals surface area contributed by atoms with E-state index in [4.69, 9.17) is 10.5 Å². The number of hydrogen-bond donors (Lipinski definition) is 2. The van der Waals surface area contributed by atoms with Crippen LogP contribution in [0, 0.1) is 22.9 Å². The minimum absolute atomic E-state index is 0.0579. The number of carboxylic acid groups (broad SMARTS) is 1. The second-order valence-corrected chi connectivity index (χ2v) is 10.8. The van der Waals surface area contributed by atoms with Gasteiger partial charge in [0.15, 0.2) is 11.6 Å². The lowest BCUT2D eigenvalue weighted by molar-refractivity contribution is -0.152. The van der Waals surface area contributed by atoms with Crippen LogP contribution in [0.2, 0.25) is 0 Å². The van der Waals surface area contributed by atoms with E-state index in [1.165, 1.54) is 0 Å². The summed E-state index contributed by atoms with van der Waals surface area (Å²) in [6.07, 6.45) is 4.71. The summed E-state index contributed by atoms with van der Waals surface area (Å²) in [7, 11) is 1.61. The lowest BCUT2D eigenvalue weighted by atomic mass is 9.74. The molecule has 4 rings (SSSR count). The van der Waals surface area contributed by atoms with Gasteiger partial charge in [0.25, 0.3) is 0 Å². The quantitative estimate of drug-likeness (QED) is 0.245. The van der Waals surface area contributed by atoms with Gasteiger partial charge in [0.2, 0.25) is 0 Å². The number of carbonyl (C=O) groups is 1. The summed E-state index contributed by atoms with van der Waals surface area (Å²) < 4.78 is 46.1. The Bertz CT molecular complexity index is 1290. The molecule has 1 aliphatic rings. The predicted octanol–water partition coefficient (Wildman–Crippen LogP) is 5.40. The minimum Gasteiger partial charge on any atom is -0.497 e. The van der Waals surface area contributed by atoms with Crippen LogP contribution in [0.15, 0.2) is 41.4 Å². The number of thioether (sulfide) groups is 1. The van der Waals surface area contributed by atoms with Crippen LogP contribution in [0.5, 0.6) is 5.75 Å². The molecule has 38 heavy (non-hydrogen) atoms. The van der Waals surface area contributed by atoms with E-state index in [2.05, 4.69) is 9.88 Å². The Morgan fingerprint density at radius 2 is 1.97 bits per heavy atom. The molecule has 204 valence electrons. The number of fused-ring (bicyclic) bond motifs is 1. The third-order valence-electron chi connectivity index (χ3n) is 7.47. The Balaban J connectivity index is 1.35. The zero-order valence-electron chi connectivity index (χ0n) is 21.3. The number of carboxylic acids is 1. The number of ether oxygens (including phenoxy) is 1. The van der Waals surface area contributed by atoms with Gasteiger partial charge in [-0.25, -0.2) is 13.2 Å². The van der Waals surface area contributed by atoms with E-state index in [1.807, 2.05) is 18.2 Å². The summed E-state index contributed by atoms with van der Waals surface area (Å²) >= 11 is 1.06. The van der Waals surface area contributed by atoms with Crippen molar-refractivity contribution >= 4 is 28.6 Å². The van der Waals surface area contributed by atoms with Gasteiger partial charge in [0.05, 0.1) is 18.0 Å². The largest absolute Gasteiger partial charge is 0.497 e. The molecule has 0 atom stereocenters. The topological polar surface area (TPSA) is 88.7 Å². The van der Waals surface area contributed by atoms with Crippen LogP contribution in [0.3, 0.4) is 0 Å². The van der Waals surface area contributed by atoms with Gasteiger partial charge >= 0.3 is 5.97 Å². The number of aryl methyl sites for hydroxylation is 1. The normalized spacial score (nSPS) is 15.6. The molecular weight excluding hydrogens is 515 g/mol. The molecule has 1 saturated heterocycles. The maximum Gasteiger partial charge on any atom is 0.309 e. The molecule has 0 amide bonds. The van der Waals surface area contributed by atoms with Gasteiger partial charge in [-0.1, -0.05) is 0 Å². The SMILES string of the molecule is COc1ccc2ncc(CN)c(CCCC3(C(=O)O)CCN(CCSc4cc(F)cc(F)c4F)CC3)c2c1. The van der Waals surface area contributed by atoms with Gasteiger partial charge in [-0.15, -0.1) is 11.8 Å². The highest BCUT2D eigenvalue weighted by molar-refractivity contribution is 7.99. The van der Waals surface area contributed by atoms with Crippen molar-refractivity contribution in [3.8, 4) is 5.75 Å². The van der Waals surface area contributed by atoms with Crippen molar-refractivity contribution in [2.24, 2.45) is 11.1 Å². The number of aliphatic carboxylic acids is 1. The maximum atomic E-state index is 13.9. The number of hydrogen-bond acceptors (Lipinski definition) is 6. The summed E-state index contributed by atoms with van der Waals surface area (Å²) in [5.41, 5.74) is 8.03. The summed E-state index contributed by atoms with van der Waals surface area (Å²) in [4.78, 5) is 18.9. The highest BCUT2D eigenvalue weighted by Gasteiger charge is 2.40. The zero-order valence-corrected chi connectivity index (χ0v) is 22.1. The third kappa shape index (κ3) is 6.24. The van der Waals surface area contributed by atoms with Crippen molar-refractivity contribution in [2.45, 2.75) is 43.5 Å². The Labute approximate surface area is 224 Å². The smallest absolute Gasteiger partial charge is 0.309 e. The van der Waals surface area contributed by atoms with Gasteiger partial charge < -0.3 is 20.5 Å². The van der Waals surface area contributed by atoms with Crippen LogP contribution in [-0.2, 0) is 17.8 Å². The third-order valence-corrected chi connectivity index (χ3v) is 8.46. The van der Waals surface area contributed by atoms with E-state index in [0.717, 1.165) is 45.6 Å². The Morgan fingerprint density at radius 1 is 1.21 bits per heavy atom. The van der Waals surface area contributed by atoms with E-state index >= 15 is 0 Å². The number of pyridine rings is 1. The van der Waals surface area contributed by atoms with E-state index in [-0.39, 0.29) is 4.90 Å². The molecule has 6 nitrogen and oxygen atoms in total. The molecule has 0 bridgehead atoms. The molecule has 0 spiro atoms. The zero-order chi connectivity index (χ0) is 27.3. The van der Waals surface area contributed by atoms with Crippen molar-refractivity contribution in [2.75, 3.05) is 32.5 Å². The van der Waals surface area contributed by atoms with Gasteiger partial charge in [-0.05, 0) is 80.6 Å². The molecule has 0 aliphatic carbocycles. The molecular formula is C28H32F3N3O3S. The Morgan fingerprint density at radius 3 is 2.66 bits per heavy atom. The van der Waals surface area contributed by atoms with Crippen LogP contribution in [-0.4, -0.2) is 53.5 Å². The van der Waals surface area contributed by atoms with E-state index in [0.29, 0.717) is 70.1 Å². The lowest BCUT2D eigenvalue weighted by Crippen LogP contribution is -2.45. The Kier molecular flexibility index (Phi) is 9.17. The predicted molar refractivity (Wildman–Crippen MR) is 142 cm³/mol. The fourth-order valence-corrected chi connectivity index (χ4v) is 6.16. The molecule has 0 saturated carbocycles. The Hall–Kier alpha value is -2.82. The molecule has 1 aromatic heterocycles. The number of aromatic nitrogens is 1. The lowest BCUT2D eigenvalue weighted by Gasteiger charge is -2.39. The highest BCUT2D eigenvalue weighted by Crippen LogP contribution is 2.38. The number of benzene rings is 2. The first-order valence-corrected chi connectivity index (χ1v) is 13.6. The number of likely N-dealkylation sites (tertiary alicyclic amines) is 1. The first-order valence-electron chi connectivity index (χ1n) is 12.6. The van der Waals surface area contributed by atoms with Crippen LogP contribution in [0.4, 0.5) is 13.2 Å². The summed E-state index contributed by atoms with van der Waals surface area (Å²) in [6.45, 7) is 2.11. The standard InChI is InChI=1S/C28H32F3N3O3S/c1-37-20-4-5-24-22(15-20)21(18(16-32)17-33-24)3-2-6-28(27(35)36)7-9-34(10-8-28)11-12-38-25-14-19(29)13-23(30)26(25)31/h4-5,13-15,17H,2-3,6-12,16,32H2,1H3,(H,35,36). The van der Waals surface area contributed by atoms with Crippen LogP contribution in [0.25, 0.3) is 10.9 Å². The first kappa shape index (κ1) is 28.2. The van der Waals surface area contributed by atoms with Crippen LogP contribution >= 0.6 is 11.8 Å². The average molecular weight is 548 g/mol. The molecule has 0 unspecified atom stereocenters. The average Bonchev–Trinajstić information content (AvgIpc) is 2.91. The molecule has 3 N–H and O–H groups in total. The second-order valence-electron chi connectivity index (χ2n) is 9.68. The first-order chi connectivity index (χ1) is 18.3. The number of halogens is 3. The van der Waals surface area contributed by atoms with Gasteiger partial charge in [0, 0.05) is 41.4 Å². The summed E-state index contributed by atoms with van der Waals surface area (Å²) in [6, 6.07) is 7.24. The van der Waals surface area contributed by atoms with E-state index in [1.54, 1.807) is 13.3 Å².